The molecule has 0 amide bonds. The number of phenols is 1. The van der Waals surface area contributed by atoms with Crippen molar-refractivity contribution in [2.24, 2.45) is 7.05 Å². The molecule has 3 nitrogen and oxygen atoms in total. The van der Waals surface area contributed by atoms with Crippen LogP contribution < -0.4 is 0 Å². The lowest BCUT2D eigenvalue weighted by Crippen LogP contribution is -1.93. The van der Waals surface area contributed by atoms with Gasteiger partial charge in [-0.05, 0) is 37.3 Å². The van der Waals surface area contributed by atoms with E-state index < -0.39 is 0 Å². The summed E-state index contributed by atoms with van der Waals surface area (Å²) in [5.74, 6) is 1.03. The molecule has 96 valence electrons. The summed E-state index contributed by atoms with van der Waals surface area (Å²) in [5, 5.41) is 10.0. The van der Waals surface area contributed by atoms with Crippen LogP contribution in [-0.4, -0.2) is 14.7 Å². The molecule has 1 heterocycles. The van der Waals surface area contributed by atoms with Crippen molar-refractivity contribution in [3.63, 3.8) is 0 Å². The molecular weight excluding hydrogens is 304 g/mol. The Morgan fingerprint density at radius 2 is 1.95 bits per heavy atom. The van der Waals surface area contributed by atoms with E-state index in [1.807, 2.05) is 48.9 Å². The monoisotopic (exact) mass is 316 g/mol. The molecule has 0 atom stereocenters. The van der Waals surface area contributed by atoms with Gasteiger partial charge in [-0.15, -0.1) is 0 Å². The van der Waals surface area contributed by atoms with Crippen LogP contribution in [0.3, 0.4) is 0 Å². The maximum Gasteiger partial charge on any atom is 0.144 e. The molecule has 0 aliphatic heterocycles. The summed E-state index contributed by atoms with van der Waals surface area (Å²) in [6.45, 7) is 2.00. The minimum atomic E-state index is 0.253. The number of hydrogen-bond acceptors (Lipinski definition) is 2. The van der Waals surface area contributed by atoms with Crippen LogP contribution in [0.4, 0.5) is 0 Å². The van der Waals surface area contributed by atoms with Gasteiger partial charge in [0, 0.05) is 11.5 Å². The second-order valence-electron chi connectivity index (χ2n) is 4.65. The molecule has 0 radical (unpaired) electrons. The summed E-state index contributed by atoms with van der Waals surface area (Å²) in [5.41, 5.74) is 3.81. The first-order valence-electron chi connectivity index (χ1n) is 5.98. The third-order valence-corrected chi connectivity index (χ3v) is 3.73. The zero-order chi connectivity index (χ0) is 13.6. The van der Waals surface area contributed by atoms with Crippen molar-refractivity contribution in [2.45, 2.75) is 6.92 Å². The lowest BCUT2D eigenvalue weighted by Gasteiger charge is -2.06. The molecular formula is C15H13BrN2O. The van der Waals surface area contributed by atoms with Gasteiger partial charge in [0.05, 0.1) is 16.6 Å². The maximum absolute atomic E-state index is 10.0. The average Bonchev–Trinajstić information content (AvgIpc) is 2.69. The molecule has 4 heteroatoms. The number of imidazole rings is 1. The van der Waals surface area contributed by atoms with E-state index >= 15 is 0 Å². The fourth-order valence-electron chi connectivity index (χ4n) is 2.24. The minimum absolute atomic E-state index is 0.253. The van der Waals surface area contributed by atoms with Crippen molar-refractivity contribution < 1.29 is 5.11 Å². The highest BCUT2D eigenvalue weighted by molar-refractivity contribution is 9.10. The lowest BCUT2D eigenvalue weighted by atomic mass is 10.1. The van der Waals surface area contributed by atoms with E-state index in [9.17, 15) is 5.11 Å². The van der Waals surface area contributed by atoms with Gasteiger partial charge in [0.2, 0.25) is 0 Å². The summed E-state index contributed by atoms with van der Waals surface area (Å²) in [7, 11) is 1.96. The number of benzene rings is 2. The SMILES string of the molecule is Cc1ccc(O)c(-c2nc3cc(Br)ccc3n2C)c1. The van der Waals surface area contributed by atoms with Crippen LogP contribution in [0.25, 0.3) is 22.4 Å². The number of rotatable bonds is 1. The summed E-state index contributed by atoms with van der Waals surface area (Å²) < 4.78 is 2.99. The predicted octanol–water partition coefficient (Wildman–Crippen LogP) is 4.02. The largest absolute Gasteiger partial charge is 0.507 e. The van der Waals surface area contributed by atoms with Crippen LogP contribution in [0.5, 0.6) is 5.75 Å². The molecule has 2 aromatic carbocycles. The maximum atomic E-state index is 10.0. The summed E-state index contributed by atoms with van der Waals surface area (Å²) in [6, 6.07) is 11.5. The Hall–Kier alpha value is -1.81. The van der Waals surface area contributed by atoms with E-state index in [1.165, 1.54) is 0 Å². The third kappa shape index (κ3) is 2.02. The fraction of sp³-hybridized carbons (Fsp3) is 0.133. The standard InChI is InChI=1S/C15H13BrN2O/c1-9-3-6-14(19)11(7-9)15-17-12-8-10(16)4-5-13(12)18(15)2/h3-8,19H,1-2H3. The van der Waals surface area contributed by atoms with Crippen LogP contribution in [0.1, 0.15) is 5.56 Å². The summed E-state index contributed by atoms with van der Waals surface area (Å²) >= 11 is 3.45. The van der Waals surface area contributed by atoms with Crippen molar-refractivity contribution in [3.05, 3.63) is 46.4 Å². The first-order chi connectivity index (χ1) is 9.06. The van der Waals surface area contributed by atoms with E-state index in [0.29, 0.717) is 0 Å². The van der Waals surface area contributed by atoms with Crippen molar-refractivity contribution in [1.82, 2.24) is 9.55 Å². The lowest BCUT2D eigenvalue weighted by molar-refractivity contribution is 0.476. The zero-order valence-corrected chi connectivity index (χ0v) is 12.3. The fourth-order valence-corrected chi connectivity index (χ4v) is 2.59. The minimum Gasteiger partial charge on any atom is -0.507 e. The molecule has 0 aliphatic rings. The molecule has 0 spiro atoms. The zero-order valence-electron chi connectivity index (χ0n) is 10.7. The van der Waals surface area contributed by atoms with E-state index in [-0.39, 0.29) is 5.75 Å². The molecule has 3 aromatic rings. The van der Waals surface area contributed by atoms with Gasteiger partial charge < -0.3 is 9.67 Å². The number of aromatic hydroxyl groups is 1. The average molecular weight is 317 g/mol. The van der Waals surface area contributed by atoms with Gasteiger partial charge in [0.1, 0.15) is 11.6 Å². The van der Waals surface area contributed by atoms with Crippen LogP contribution in [0, 0.1) is 6.92 Å². The van der Waals surface area contributed by atoms with Crippen molar-refractivity contribution in [3.8, 4) is 17.1 Å². The van der Waals surface area contributed by atoms with Gasteiger partial charge in [-0.2, -0.15) is 0 Å². The van der Waals surface area contributed by atoms with Gasteiger partial charge >= 0.3 is 0 Å². The molecule has 0 fully saturated rings. The molecule has 0 unspecified atom stereocenters. The van der Waals surface area contributed by atoms with Crippen molar-refractivity contribution in [1.29, 1.82) is 0 Å². The molecule has 3 rings (SSSR count). The molecule has 0 bridgehead atoms. The topological polar surface area (TPSA) is 38.1 Å². The number of fused-ring (bicyclic) bond motifs is 1. The number of halogens is 1. The second-order valence-corrected chi connectivity index (χ2v) is 5.56. The van der Waals surface area contributed by atoms with Crippen LogP contribution in [0.2, 0.25) is 0 Å². The van der Waals surface area contributed by atoms with Crippen LogP contribution in [0.15, 0.2) is 40.9 Å². The van der Waals surface area contributed by atoms with Gasteiger partial charge in [-0.3, -0.25) is 0 Å². The van der Waals surface area contributed by atoms with E-state index in [2.05, 4.69) is 20.9 Å². The number of aromatic nitrogens is 2. The Morgan fingerprint density at radius 1 is 1.16 bits per heavy atom. The highest BCUT2D eigenvalue weighted by Gasteiger charge is 2.13. The Kier molecular flexibility index (Phi) is 2.82. The van der Waals surface area contributed by atoms with Crippen LogP contribution in [-0.2, 0) is 7.05 Å². The molecule has 19 heavy (non-hydrogen) atoms. The van der Waals surface area contributed by atoms with Crippen LogP contribution >= 0.6 is 15.9 Å². The molecule has 1 N–H and O–H groups in total. The summed E-state index contributed by atoms with van der Waals surface area (Å²) in [4.78, 5) is 4.62. The van der Waals surface area contributed by atoms with Gasteiger partial charge in [0.15, 0.2) is 0 Å². The van der Waals surface area contributed by atoms with E-state index in [1.54, 1.807) is 6.07 Å². The van der Waals surface area contributed by atoms with E-state index in [4.69, 9.17) is 0 Å². The highest BCUT2D eigenvalue weighted by atomic mass is 79.9. The first-order valence-corrected chi connectivity index (χ1v) is 6.77. The smallest absolute Gasteiger partial charge is 0.144 e. The molecule has 0 saturated heterocycles. The quantitative estimate of drug-likeness (QED) is 0.736. The molecule has 1 aromatic heterocycles. The Labute approximate surface area is 119 Å². The first kappa shape index (κ1) is 12.2. The van der Waals surface area contributed by atoms with Crippen molar-refractivity contribution in [2.75, 3.05) is 0 Å². The van der Waals surface area contributed by atoms with Crippen molar-refractivity contribution >= 4 is 27.0 Å². The Bertz CT molecular complexity index is 777. The number of aryl methyl sites for hydroxylation is 2. The van der Waals surface area contributed by atoms with Gasteiger partial charge in [0.25, 0.3) is 0 Å². The van der Waals surface area contributed by atoms with Gasteiger partial charge in [-0.25, -0.2) is 4.98 Å². The Morgan fingerprint density at radius 3 is 2.74 bits per heavy atom. The van der Waals surface area contributed by atoms with Gasteiger partial charge in [-0.1, -0.05) is 27.6 Å². The summed E-state index contributed by atoms with van der Waals surface area (Å²) in [6.07, 6.45) is 0. The van der Waals surface area contributed by atoms with E-state index in [0.717, 1.165) is 32.5 Å². The predicted molar refractivity (Wildman–Crippen MR) is 80.3 cm³/mol. The Balaban J connectivity index is 2.30. The second kappa shape index (κ2) is 4.38. The normalized spacial score (nSPS) is 11.1. The number of phenolic OH excluding ortho intramolecular Hbond substituents is 1. The number of nitrogens with zero attached hydrogens (tertiary/aromatic N) is 2. The number of hydrogen-bond donors (Lipinski definition) is 1. The molecule has 0 saturated carbocycles. The highest BCUT2D eigenvalue weighted by Crippen LogP contribution is 2.31. The third-order valence-electron chi connectivity index (χ3n) is 3.24. The molecule has 0 aliphatic carbocycles.